The Balaban J connectivity index is 2.29. The fourth-order valence-corrected chi connectivity index (χ4v) is 2.68. The largest absolute Gasteiger partial charge is 0.479 e. The van der Waals surface area contributed by atoms with Gasteiger partial charge < -0.3 is 20.3 Å². The van der Waals surface area contributed by atoms with Crippen LogP contribution in [0.2, 0.25) is 0 Å². The fraction of sp³-hybridized carbons (Fsp3) is 0.615. The van der Waals surface area contributed by atoms with Crippen molar-refractivity contribution in [3.63, 3.8) is 0 Å². The predicted octanol–water partition coefficient (Wildman–Crippen LogP) is 1.11. The molecule has 0 amide bonds. The van der Waals surface area contributed by atoms with Crippen LogP contribution in [0.25, 0.3) is 0 Å². The number of methoxy groups -OCH3 is 1. The van der Waals surface area contributed by atoms with Gasteiger partial charge in [0.05, 0.1) is 12.0 Å². The average molecular weight is 295 g/mol. The first kappa shape index (κ1) is 15.3. The summed E-state index contributed by atoms with van der Waals surface area (Å²) in [5.41, 5.74) is 5.77. The molecular formula is C13H21N5O3. The smallest absolute Gasteiger partial charge is 0.313 e. The molecule has 8 nitrogen and oxygen atoms in total. The normalized spacial score (nSPS) is 18.7. The van der Waals surface area contributed by atoms with Crippen molar-refractivity contribution >= 4 is 17.2 Å². The molecule has 2 rings (SSSR count). The number of nitrogens with two attached hydrogens (primary N) is 1. The van der Waals surface area contributed by atoms with Crippen LogP contribution in [0.3, 0.4) is 0 Å². The molecule has 0 radical (unpaired) electrons. The number of ether oxygens (including phenoxy) is 1. The van der Waals surface area contributed by atoms with E-state index in [9.17, 15) is 10.1 Å². The highest BCUT2D eigenvalue weighted by Crippen LogP contribution is 2.33. The number of nitrogens with zero attached hydrogens (tertiary/aromatic N) is 4. The van der Waals surface area contributed by atoms with Crippen LogP contribution in [0.4, 0.5) is 17.2 Å². The molecule has 2 N–H and O–H groups in total. The number of rotatable bonds is 5. The van der Waals surface area contributed by atoms with Gasteiger partial charge in [0.15, 0.2) is 0 Å². The number of likely N-dealkylation sites (tertiary alicyclic amines) is 1. The molecule has 0 aliphatic carbocycles. The highest BCUT2D eigenvalue weighted by atomic mass is 16.6. The van der Waals surface area contributed by atoms with Crippen molar-refractivity contribution < 1.29 is 9.66 Å². The number of hydrogen-bond donors (Lipinski definition) is 1. The molecule has 21 heavy (non-hydrogen) atoms. The van der Waals surface area contributed by atoms with Crippen molar-refractivity contribution in [3.8, 4) is 5.88 Å². The summed E-state index contributed by atoms with van der Waals surface area (Å²) in [5.74, 6) is 0.494. The van der Waals surface area contributed by atoms with E-state index in [4.69, 9.17) is 10.5 Å². The summed E-state index contributed by atoms with van der Waals surface area (Å²) < 4.78 is 5.07. The maximum absolute atomic E-state index is 11.2. The van der Waals surface area contributed by atoms with E-state index in [1.807, 2.05) is 0 Å². The first-order valence-corrected chi connectivity index (χ1v) is 6.84. The summed E-state index contributed by atoms with van der Waals surface area (Å²) in [6.45, 7) is 1.73. The molecule has 1 aliphatic heterocycles. The Morgan fingerprint density at radius 1 is 1.67 bits per heavy atom. The topological polar surface area (TPSA) is 97.8 Å². The third kappa shape index (κ3) is 3.15. The molecule has 0 spiro atoms. The van der Waals surface area contributed by atoms with Gasteiger partial charge in [-0.25, -0.2) is 0 Å². The van der Waals surface area contributed by atoms with E-state index < -0.39 is 4.92 Å². The van der Waals surface area contributed by atoms with Crippen molar-refractivity contribution in [3.05, 3.63) is 16.2 Å². The summed E-state index contributed by atoms with van der Waals surface area (Å²) >= 11 is 0. The van der Waals surface area contributed by atoms with Crippen molar-refractivity contribution in [2.24, 2.45) is 0 Å². The molecule has 1 aromatic rings. The third-order valence-electron chi connectivity index (χ3n) is 3.88. The molecule has 1 saturated heterocycles. The minimum Gasteiger partial charge on any atom is -0.479 e. The van der Waals surface area contributed by atoms with Gasteiger partial charge in [-0.1, -0.05) is 0 Å². The summed E-state index contributed by atoms with van der Waals surface area (Å²) in [6, 6.07) is 1.68. The van der Waals surface area contributed by atoms with E-state index in [1.165, 1.54) is 13.2 Å². The van der Waals surface area contributed by atoms with Crippen LogP contribution < -0.4 is 15.4 Å². The van der Waals surface area contributed by atoms with E-state index in [1.54, 1.807) is 11.9 Å². The highest BCUT2D eigenvalue weighted by Gasteiger charge is 2.27. The Hall–Kier alpha value is -2.09. The average Bonchev–Trinajstić information content (AvgIpc) is 2.83. The lowest BCUT2D eigenvalue weighted by atomic mass is 10.2. The van der Waals surface area contributed by atoms with E-state index in [0.717, 1.165) is 19.4 Å². The Morgan fingerprint density at radius 3 is 2.90 bits per heavy atom. The Bertz CT molecular complexity index is 537. The zero-order valence-corrected chi connectivity index (χ0v) is 12.6. The molecule has 0 unspecified atom stereocenters. The molecule has 1 fully saturated rings. The Labute approximate surface area is 123 Å². The second kappa shape index (κ2) is 6.13. The zero-order valence-electron chi connectivity index (χ0n) is 12.6. The van der Waals surface area contributed by atoms with Crippen LogP contribution in [0.15, 0.2) is 6.07 Å². The van der Waals surface area contributed by atoms with Gasteiger partial charge in [-0.05, 0) is 26.4 Å². The number of hydrogen-bond acceptors (Lipinski definition) is 7. The van der Waals surface area contributed by atoms with E-state index in [2.05, 4.69) is 16.9 Å². The van der Waals surface area contributed by atoms with Crippen molar-refractivity contribution in [1.29, 1.82) is 0 Å². The number of anilines is 2. The second-order valence-electron chi connectivity index (χ2n) is 5.34. The van der Waals surface area contributed by atoms with Crippen LogP contribution in [0, 0.1) is 10.1 Å². The van der Waals surface area contributed by atoms with E-state index in [-0.39, 0.29) is 23.1 Å². The van der Waals surface area contributed by atoms with Gasteiger partial charge in [-0.15, -0.1) is 0 Å². The van der Waals surface area contributed by atoms with Gasteiger partial charge in [0.2, 0.25) is 11.7 Å². The highest BCUT2D eigenvalue weighted by molar-refractivity contribution is 5.67. The standard InChI is InChI=1S/C13H21N5O3/c1-16-6-4-5-9(16)8-17(2)12-11(18(19)20)7-10(14)13(15-12)21-3/h7,9H,4-6,8,14H2,1-3H3/t9-/m0/s1. The van der Waals surface area contributed by atoms with Gasteiger partial charge in [0.1, 0.15) is 5.69 Å². The summed E-state index contributed by atoms with van der Waals surface area (Å²) in [6.07, 6.45) is 2.23. The Kier molecular flexibility index (Phi) is 4.46. The first-order valence-electron chi connectivity index (χ1n) is 6.84. The predicted molar refractivity (Wildman–Crippen MR) is 80.8 cm³/mol. The molecule has 0 aromatic carbocycles. The van der Waals surface area contributed by atoms with Gasteiger partial charge in [-0.3, -0.25) is 10.1 Å². The zero-order chi connectivity index (χ0) is 15.6. The molecule has 0 bridgehead atoms. The lowest BCUT2D eigenvalue weighted by molar-refractivity contribution is -0.384. The third-order valence-corrected chi connectivity index (χ3v) is 3.88. The van der Waals surface area contributed by atoms with Gasteiger partial charge in [-0.2, -0.15) is 4.98 Å². The SMILES string of the molecule is COc1nc(N(C)C[C@@H]2CCCN2C)c([N+](=O)[O-])cc1N. The number of nitro groups is 1. The summed E-state index contributed by atoms with van der Waals surface area (Å²) in [5, 5.41) is 11.2. The summed E-state index contributed by atoms with van der Waals surface area (Å²) in [7, 11) is 5.31. The molecule has 8 heteroatoms. The van der Waals surface area contributed by atoms with E-state index in [0.29, 0.717) is 12.6 Å². The minimum atomic E-state index is -0.465. The van der Waals surface area contributed by atoms with Gasteiger partial charge in [0, 0.05) is 25.7 Å². The second-order valence-corrected chi connectivity index (χ2v) is 5.34. The monoisotopic (exact) mass is 295 g/mol. The van der Waals surface area contributed by atoms with Crippen molar-refractivity contribution in [1.82, 2.24) is 9.88 Å². The summed E-state index contributed by atoms with van der Waals surface area (Å²) in [4.78, 5) is 19.0. The Morgan fingerprint density at radius 2 is 2.38 bits per heavy atom. The number of pyridine rings is 1. The molecule has 1 atom stereocenters. The number of nitrogen functional groups attached to an aromatic ring is 1. The van der Waals surface area contributed by atoms with Gasteiger partial charge in [0.25, 0.3) is 0 Å². The number of aromatic nitrogens is 1. The van der Waals surface area contributed by atoms with Gasteiger partial charge >= 0.3 is 5.69 Å². The van der Waals surface area contributed by atoms with Crippen LogP contribution in [0.1, 0.15) is 12.8 Å². The molecule has 2 heterocycles. The van der Waals surface area contributed by atoms with Crippen LogP contribution in [-0.4, -0.2) is 55.1 Å². The molecule has 0 saturated carbocycles. The molecule has 116 valence electrons. The van der Waals surface area contributed by atoms with Crippen LogP contribution in [0.5, 0.6) is 5.88 Å². The lowest BCUT2D eigenvalue weighted by Crippen LogP contribution is -2.37. The molecule has 1 aromatic heterocycles. The quantitative estimate of drug-likeness (QED) is 0.641. The maximum atomic E-state index is 11.2. The van der Waals surface area contributed by atoms with Crippen molar-refractivity contribution in [2.45, 2.75) is 18.9 Å². The maximum Gasteiger partial charge on any atom is 0.313 e. The fourth-order valence-electron chi connectivity index (χ4n) is 2.68. The van der Waals surface area contributed by atoms with Crippen molar-refractivity contribution in [2.75, 3.05) is 44.9 Å². The lowest BCUT2D eigenvalue weighted by Gasteiger charge is -2.26. The van der Waals surface area contributed by atoms with E-state index >= 15 is 0 Å². The molecular weight excluding hydrogens is 274 g/mol. The molecule has 1 aliphatic rings. The first-order chi connectivity index (χ1) is 9.93. The van der Waals surface area contributed by atoms with Crippen LogP contribution >= 0.6 is 0 Å². The van der Waals surface area contributed by atoms with Crippen LogP contribution in [-0.2, 0) is 0 Å². The minimum absolute atomic E-state index is 0.101. The number of likely N-dealkylation sites (N-methyl/N-ethyl adjacent to an activating group) is 2.